The molecular formula is C19H26N2O2S. The molecule has 1 atom stereocenters. The third kappa shape index (κ3) is 3.42. The van der Waals surface area contributed by atoms with E-state index in [1.165, 1.54) is 19.4 Å². The van der Waals surface area contributed by atoms with Gasteiger partial charge in [0.15, 0.2) is 11.5 Å². The van der Waals surface area contributed by atoms with Gasteiger partial charge < -0.3 is 9.47 Å². The maximum absolute atomic E-state index is 5.54. The molecule has 0 saturated carbocycles. The molecule has 5 heteroatoms. The number of rotatable bonds is 6. The first-order valence-electron chi connectivity index (χ1n) is 8.53. The minimum absolute atomic E-state index is 0.682. The summed E-state index contributed by atoms with van der Waals surface area (Å²) in [7, 11) is 3.33. The predicted molar refractivity (Wildman–Crippen MR) is 98.9 cm³/mol. The van der Waals surface area contributed by atoms with E-state index in [2.05, 4.69) is 24.1 Å². The number of para-hydroxylation sites is 1. The lowest BCUT2D eigenvalue weighted by atomic mass is 10.0. The molecule has 0 bridgehead atoms. The molecule has 0 aliphatic carbocycles. The molecule has 0 spiro atoms. The van der Waals surface area contributed by atoms with E-state index in [4.69, 9.17) is 14.5 Å². The van der Waals surface area contributed by atoms with Gasteiger partial charge in [-0.2, -0.15) is 0 Å². The van der Waals surface area contributed by atoms with Crippen molar-refractivity contribution in [1.82, 2.24) is 9.88 Å². The zero-order valence-corrected chi connectivity index (χ0v) is 15.7. The average molecular weight is 346 g/mol. The summed E-state index contributed by atoms with van der Waals surface area (Å²) < 4.78 is 10.9. The van der Waals surface area contributed by atoms with Crippen LogP contribution in [0.1, 0.15) is 32.4 Å². The average Bonchev–Trinajstić information content (AvgIpc) is 3.23. The normalized spacial score (nSPS) is 18.3. The van der Waals surface area contributed by atoms with Gasteiger partial charge >= 0.3 is 0 Å². The molecule has 1 aliphatic rings. The van der Waals surface area contributed by atoms with Gasteiger partial charge in [-0.05, 0) is 37.4 Å². The Morgan fingerprint density at radius 3 is 2.83 bits per heavy atom. The number of thiazole rings is 1. The summed E-state index contributed by atoms with van der Waals surface area (Å²) in [5, 5.41) is 3.16. The highest BCUT2D eigenvalue weighted by atomic mass is 32.1. The molecule has 1 aromatic heterocycles. The summed E-state index contributed by atoms with van der Waals surface area (Å²) >= 11 is 1.67. The lowest BCUT2D eigenvalue weighted by molar-refractivity contribution is 0.197. The summed E-state index contributed by atoms with van der Waals surface area (Å²) in [5.74, 6) is 2.19. The number of nitrogens with zero attached hydrogens (tertiary/aromatic N) is 2. The summed E-state index contributed by atoms with van der Waals surface area (Å²) in [6.45, 7) is 6.75. The Kier molecular flexibility index (Phi) is 5.41. The molecule has 4 nitrogen and oxygen atoms in total. The van der Waals surface area contributed by atoms with Crippen molar-refractivity contribution in [3.63, 3.8) is 0 Å². The van der Waals surface area contributed by atoms with Crippen LogP contribution in [-0.2, 0) is 6.54 Å². The van der Waals surface area contributed by atoms with E-state index in [1.54, 1.807) is 25.6 Å². The van der Waals surface area contributed by atoms with E-state index in [-0.39, 0.29) is 0 Å². The summed E-state index contributed by atoms with van der Waals surface area (Å²) in [4.78, 5) is 7.44. The van der Waals surface area contributed by atoms with Crippen molar-refractivity contribution in [2.75, 3.05) is 20.8 Å². The van der Waals surface area contributed by atoms with Gasteiger partial charge in [-0.3, -0.25) is 4.90 Å². The Morgan fingerprint density at radius 2 is 2.12 bits per heavy atom. The van der Waals surface area contributed by atoms with Crippen LogP contribution in [0.3, 0.4) is 0 Å². The standard InChI is InChI=1S/C19H26N2O2S/c1-13(2)16-8-6-10-21(16)11-14-12-24-19(20-14)15-7-5-9-17(22-3)18(15)23-4/h5,7,9,12-13,16H,6,8,10-11H2,1-4H3/t16-/m0/s1. The van der Waals surface area contributed by atoms with Crippen molar-refractivity contribution in [3.05, 3.63) is 29.3 Å². The van der Waals surface area contributed by atoms with Gasteiger partial charge in [-0.25, -0.2) is 4.98 Å². The molecule has 1 aliphatic heterocycles. The number of ether oxygens (including phenoxy) is 2. The second-order valence-corrected chi connectivity index (χ2v) is 7.47. The SMILES string of the molecule is COc1cccc(-c2nc(CN3CCC[C@H]3C(C)C)cs2)c1OC. The van der Waals surface area contributed by atoms with Crippen LogP contribution < -0.4 is 9.47 Å². The number of aromatic nitrogens is 1. The van der Waals surface area contributed by atoms with Crippen LogP contribution in [0.4, 0.5) is 0 Å². The van der Waals surface area contributed by atoms with E-state index in [9.17, 15) is 0 Å². The van der Waals surface area contributed by atoms with Crippen LogP contribution in [0.15, 0.2) is 23.6 Å². The first-order valence-corrected chi connectivity index (χ1v) is 9.41. The molecule has 0 N–H and O–H groups in total. The molecule has 130 valence electrons. The number of hydrogen-bond donors (Lipinski definition) is 0. The smallest absolute Gasteiger partial charge is 0.170 e. The van der Waals surface area contributed by atoms with Crippen LogP contribution in [0.2, 0.25) is 0 Å². The Hall–Kier alpha value is -1.59. The molecule has 1 saturated heterocycles. The fourth-order valence-electron chi connectivity index (χ4n) is 3.57. The van der Waals surface area contributed by atoms with Crippen LogP contribution >= 0.6 is 11.3 Å². The molecular weight excluding hydrogens is 320 g/mol. The van der Waals surface area contributed by atoms with Gasteiger partial charge in [0.05, 0.1) is 25.5 Å². The lowest BCUT2D eigenvalue weighted by Crippen LogP contribution is -2.32. The van der Waals surface area contributed by atoms with Crippen molar-refractivity contribution in [2.24, 2.45) is 5.92 Å². The van der Waals surface area contributed by atoms with Crippen LogP contribution in [0, 0.1) is 5.92 Å². The highest BCUT2D eigenvalue weighted by molar-refractivity contribution is 7.13. The summed E-state index contributed by atoms with van der Waals surface area (Å²) in [6.07, 6.45) is 2.60. The number of hydrogen-bond acceptors (Lipinski definition) is 5. The largest absolute Gasteiger partial charge is 0.493 e. The van der Waals surface area contributed by atoms with Crippen LogP contribution in [-0.4, -0.2) is 36.7 Å². The quantitative estimate of drug-likeness (QED) is 0.774. The summed E-state index contributed by atoms with van der Waals surface area (Å²) in [6, 6.07) is 6.61. The van der Waals surface area contributed by atoms with E-state index in [0.717, 1.165) is 34.3 Å². The van der Waals surface area contributed by atoms with Gasteiger partial charge in [0.25, 0.3) is 0 Å². The summed E-state index contributed by atoms with van der Waals surface area (Å²) in [5.41, 5.74) is 2.14. The molecule has 24 heavy (non-hydrogen) atoms. The Balaban J connectivity index is 1.81. The monoisotopic (exact) mass is 346 g/mol. The molecule has 3 rings (SSSR count). The maximum atomic E-state index is 5.54. The minimum atomic E-state index is 0.682. The zero-order valence-electron chi connectivity index (χ0n) is 14.9. The molecule has 1 fully saturated rings. The second kappa shape index (κ2) is 7.53. The number of methoxy groups -OCH3 is 2. The first-order chi connectivity index (χ1) is 11.6. The van der Waals surface area contributed by atoms with Gasteiger partial charge in [-0.1, -0.05) is 19.9 Å². The van der Waals surface area contributed by atoms with Crippen LogP contribution in [0.5, 0.6) is 11.5 Å². The number of likely N-dealkylation sites (tertiary alicyclic amines) is 1. The van der Waals surface area contributed by atoms with Crippen molar-refractivity contribution in [3.8, 4) is 22.1 Å². The van der Waals surface area contributed by atoms with E-state index in [1.807, 2.05) is 18.2 Å². The Morgan fingerprint density at radius 1 is 1.29 bits per heavy atom. The lowest BCUT2D eigenvalue weighted by Gasteiger charge is -2.26. The van der Waals surface area contributed by atoms with Gasteiger partial charge in [0, 0.05) is 18.0 Å². The van der Waals surface area contributed by atoms with Gasteiger partial charge in [0.2, 0.25) is 0 Å². The Bertz CT molecular complexity index is 684. The van der Waals surface area contributed by atoms with Crippen molar-refractivity contribution in [2.45, 2.75) is 39.3 Å². The van der Waals surface area contributed by atoms with Crippen molar-refractivity contribution in [1.29, 1.82) is 0 Å². The third-order valence-corrected chi connectivity index (χ3v) is 5.66. The highest BCUT2D eigenvalue weighted by Gasteiger charge is 2.27. The van der Waals surface area contributed by atoms with Gasteiger partial charge in [0.1, 0.15) is 5.01 Å². The second-order valence-electron chi connectivity index (χ2n) is 6.61. The molecule has 2 heterocycles. The highest BCUT2D eigenvalue weighted by Crippen LogP contribution is 2.39. The molecule has 0 radical (unpaired) electrons. The van der Waals surface area contributed by atoms with Crippen molar-refractivity contribution >= 4 is 11.3 Å². The fraction of sp³-hybridized carbons (Fsp3) is 0.526. The zero-order chi connectivity index (χ0) is 17.1. The fourth-order valence-corrected chi connectivity index (χ4v) is 4.40. The topological polar surface area (TPSA) is 34.6 Å². The predicted octanol–water partition coefficient (Wildman–Crippen LogP) is 4.45. The van der Waals surface area contributed by atoms with E-state index < -0.39 is 0 Å². The molecule has 0 amide bonds. The first kappa shape index (κ1) is 17.2. The van der Waals surface area contributed by atoms with E-state index in [0.29, 0.717) is 12.0 Å². The van der Waals surface area contributed by atoms with E-state index >= 15 is 0 Å². The van der Waals surface area contributed by atoms with Crippen LogP contribution in [0.25, 0.3) is 10.6 Å². The molecule has 1 aromatic carbocycles. The Labute approximate surface area is 148 Å². The molecule has 0 unspecified atom stereocenters. The molecule has 2 aromatic rings. The number of benzene rings is 1. The maximum Gasteiger partial charge on any atom is 0.170 e. The van der Waals surface area contributed by atoms with Gasteiger partial charge in [-0.15, -0.1) is 11.3 Å². The minimum Gasteiger partial charge on any atom is -0.493 e. The van der Waals surface area contributed by atoms with Crippen molar-refractivity contribution < 1.29 is 9.47 Å². The third-order valence-electron chi connectivity index (χ3n) is 4.73.